The number of nitrogens with one attached hydrogen (secondary N) is 1. The van der Waals surface area contributed by atoms with Gasteiger partial charge in [-0.3, -0.25) is 25.0 Å². The van der Waals surface area contributed by atoms with Crippen molar-refractivity contribution in [3.63, 3.8) is 0 Å². The summed E-state index contributed by atoms with van der Waals surface area (Å²) < 4.78 is 0.777. The molecule has 0 fully saturated rings. The highest BCUT2D eigenvalue weighted by Crippen LogP contribution is 2.23. The van der Waals surface area contributed by atoms with Crippen molar-refractivity contribution in [1.82, 2.24) is 4.98 Å². The molecule has 14 heteroatoms. The van der Waals surface area contributed by atoms with Crippen LogP contribution in [0.4, 0.5) is 28.6 Å². The first-order valence-corrected chi connectivity index (χ1v) is 9.53. The average molecular weight is 519 g/mol. The minimum absolute atomic E-state index is 0.00770. The van der Waals surface area contributed by atoms with E-state index in [9.17, 15) is 29.8 Å². The van der Waals surface area contributed by atoms with Crippen LogP contribution in [0, 0.1) is 20.2 Å². The fourth-order valence-electron chi connectivity index (χ4n) is 2.32. The van der Waals surface area contributed by atoms with Crippen molar-refractivity contribution >= 4 is 56.4 Å². The molecule has 3 aromatic rings. The lowest BCUT2D eigenvalue weighted by molar-refractivity contribution is -0.384. The lowest BCUT2D eigenvalue weighted by Crippen LogP contribution is -2.13. The zero-order valence-electron chi connectivity index (χ0n) is 16.5. The van der Waals surface area contributed by atoms with Crippen LogP contribution in [0.1, 0.15) is 20.7 Å². The number of anilines is 3. The molecule has 3 rings (SSSR count). The Bertz CT molecular complexity index is 1230. The molecule has 0 bridgehead atoms. The van der Waals surface area contributed by atoms with Gasteiger partial charge in [-0.1, -0.05) is 0 Å². The third-order valence-corrected chi connectivity index (χ3v) is 4.40. The fourth-order valence-corrected chi connectivity index (χ4v) is 2.55. The molecule has 0 radical (unpaired) electrons. The zero-order chi connectivity index (χ0) is 24.7. The predicted octanol–water partition coefficient (Wildman–Crippen LogP) is 3.46. The Balaban J connectivity index is 0.000000257. The molecule has 1 heterocycles. The monoisotopic (exact) mass is 518 g/mol. The van der Waals surface area contributed by atoms with Gasteiger partial charge in [0.15, 0.2) is 0 Å². The number of nitro benzene ring substituents is 2. The summed E-state index contributed by atoms with van der Waals surface area (Å²) >= 11 is 3.23. The van der Waals surface area contributed by atoms with Gasteiger partial charge in [-0.05, 0) is 52.3 Å². The van der Waals surface area contributed by atoms with E-state index in [1.54, 1.807) is 12.1 Å². The highest BCUT2D eigenvalue weighted by Gasteiger charge is 2.16. The van der Waals surface area contributed by atoms with Gasteiger partial charge in [0.2, 0.25) is 0 Å². The third-order valence-electron chi connectivity index (χ3n) is 3.93. The standard InChI is InChI=1S/C12H9BrN4O3.C7H6N2O4/c13-8-2-4-11(15-6-8)16-12(18)7-1-3-9(14)10(5-7)17(19)20;8-5-2-1-4(7(10)11)3-6(5)9(12)13/h1-6H,14H2,(H,15,16,18);1-3H,8H2,(H,10,11). The number of hydrogen-bond donors (Lipinski definition) is 4. The lowest BCUT2D eigenvalue weighted by atomic mass is 10.1. The van der Waals surface area contributed by atoms with Crippen molar-refractivity contribution in [1.29, 1.82) is 0 Å². The molecule has 13 nitrogen and oxygen atoms in total. The first kappa shape index (κ1) is 24.7. The van der Waals surface area contributed by atoms with E-state index in [4.69, 9.17) is 16.6 Å². The summed E-state index contributed by atoms with van der Waals surface area (Å²) in [5, 5.41) is 32.2. The molecule has 33 heavy (non-hydrogen) atoms. The Morgan fingerprint density at radius 2 is 1.42 bits per heavy atom. The number of nitrogens with zero attached hydrogens (tertiary/aromatic N) is 3. The molecule has 0 aliphatic heterocycles. The van der Waals surface area contributed by atoms with Gasteiger partial charge in [-0.2, -0.15) is 0 Å². The molecule has 1 amide bonds. The number of nitrogens with two attached hydrogens (primary N) is 2. The number of nitro groups is 2. The summed E-state index contributed by atoms with van der Waals surface area (Å²) in [4.78, 5) is 46.1. The van der Waals surface area contributed by atoms with E-state index in [0.717, 1.165) is 16.6 Å². The summed E-state index contributed by atoms with van der Waals surface area (Å²) in [7, 11) is 0. The molecule has 0 saturated heterocycles. The van der Waals surface area contributed by atoms with Crippen LogP contribution in [0.25, 0.3) is 0 Å². The SMILES string of the molecule is Nc1ccc(C(=O)Nc2ccc(Br)cn2)cc1[N+](=O)[O-].Nc1ccc(C(=O)O)cc1[N+](=O)[O-]. The number of rotatable bonds is 5. The normalized spacial score (nSPS) is 9.85. The van der Waals surface area contributed by atoms with E-state index in [0.29, 0.717) is 5.82 Å². The van der Waals surface area contributed by atoms with Crippen LogP contribution in [0.2, 0.25) is 0 Å². The van der Waals surface area contributed by atoms with Crippen molar-refractivity contribution in [3.8, 4) is 0 Å². The Labute approximate surface area is 193 Å². The predicted molar refractivity (Wildman–Crippen MR) is 122 cm³/mol. The first-order chi connectivity index (χ1) is 15.5. The second kappa shape index (κ2) is 10.6. The van der Waals surface area contributed by atoms with Crippen molar-refractivity contribution in [2.24, 2.45) is 0 Å². The van der Waals surface area contributed by atoms with Crippen LogP contribution in [0.15, 0.2) is 59.2 Å². The number of halogens is 1. The molecule has 0 aliphatic rings. The van der Waals surface area contributed by atoms with E-state index in [1.807, 2.05) is 0 Å². The van der Waals surface area contributed by atoms with Crippen molar-refractivity contribution in [3.05, 3.63) is 90.6 Å². The van der Waals surface area contributed by atoms with Crippen LogP contribution in [0.5, 0.6) is 0 Å². The Morgan fingerprint density at radius 1 is 0.909 bits per heavy atom. The summed E-state index contributed by atoms with van der Waals surface area (Å²) in [6.45, 7) is 0. The Morgan fingerprint density at radius 3 is 1.88 bits per heavy atom. The second-order valence-electron chi connectivity index (χ2n) is 6.18. The van der Waals surface area contributed by atoms with E-state index in [-0.39, 0.29) is 33.9 Å². The number of hydrogen-bond acceptors (Lipinski definition) is 9. The lowest BCUT2D eigenvalue weighted by Gasteiger charge is -2.05. The van der Waals surface area contributed by atoms with E-state index >= 15 is 0 Å². The zero-order valence-corrected chi connectivity index (χ0v) is 18.1. The van der Waals surface area contributed by atoms with Gasteiger partial charge in [0.05, 0.1) is 15.4 Å². The number of carbonyl (C=O) groups is 2. The first-order valence-electron chi connectivity index (χ1n) is 8.73. The fraction of sp³-hybridized carbons (Fsp3) is 0. The molecule has 0 saturated carbocycles. The maximum absolute atomic E-state index is 12.0. The summed E-state index contributed by atoms with van der Waals surface area (Å²) in [5.41, 5.74) is 9.98. The van der Waals surface area contributed by atoms with Gasteiger partial charge >= 0.3 is 5.97 Å². The van der Waals surface area contributed by atoms with Crippen LogP contribution >= 0.6 is 15.9 Å². The van der Waals surface area contributed by atoms with Crippen molar-refractivity contribution in [2.75, 3.05) is 16.8 Å². The number of benzene rings is 2. The van der Waals surface area contributed by atoms with Crippen LogP contribution < -0.4 is 16.8 Å². The number of aromatic carboxylic acids is 1. The number of carboxylic acid groups (broad SMARTS) is 1. The maximum Gasteiger partial charge on any atom is 0.335 e. The largest absolute Gasteiger partial charge is 0.478 e. The van der Waals surface area contributed by atoms with Gasteiger partial charge in [-0.15, -0.1) is 0 Å². The molecule has 2 aromatic carbocycles. The van der Waals surface area contributed by atoms with Gasteiger partial charge in [0.1, 0.15) is 17.2 Å². The van der Waals surface area contributed by atoms with Gasteiger partial charge in [0.25, 0.3) is 17.3 Å². The molecule has 0 spiro atoms. The summed E-state index contributed by atoms with van der Waals surface area (Å²) in [6.07, 6.45) is 1.53. The highest BCUT2D eigenvalue weighted by molar-refractivity contribution is 9.10. The molecule has 170 valence electrons. The third kappa shape index (κ3) is 6.70. The quantitative estimate of drug-likeness (QED) is 0.218. The van der Waals surface area contributed by atoms with Gasteiger partial charge in [-0.25, -0.2) is 9.78 Å². The number of aromatic nitrogens is 1. The molecule has 6 N–H and O–H groups in total. The molecule has 0 aliphatic carbocycles. The Hall–Kier alpha value is -4.59. The minimum Gasteiger partial charge on any atom is -0.478 e. The number of pyridine rings is 1. The van der Waals surface area contributed by atoms with Crippen molar-refractivity contribution in [2.45, 2.75) is 0 Å². The van der Waals surface area contributed by atoms with Crippen LogP contribution in [-0.4, -0.2) is 31.8 Å². The summed E-state index contributed by atoms with van der Waals surface area (Å²) in [5.74, 6) is -1.37. The highest BCUT2D eigenvalue weighted by atomic mass is 79.9. The number of carboxylic acids is 1. The van der Waals surface area contributed by atoms with Crippen LogP contribution in [-0.2, 0) is 0 Å². The topological polar surface area (TPSA) is 218 Å². The maximum atomic E-state index is 12.0. The van der Waals surface area contributed by atoms with E-state index in [2.05, 4.69) is 26.2 Å². The average Bonchev–Trinajstić information content (AvgIpc) is 2.75. The number of nitrogen functional groups attached to an aromatic ring is 2. The minimum atomic E-state index is -1.22. The molecule has 0 atom stereocenters. The van der Waals surface area contributed by atoms with Gasteiger partial charge in [0, 0.05) is 28.4 Å². The molecule has 1 aromatic heterocycles. The van der Waals surface area contributed by atoms with Crippen molar-refractivity contribution < 1.29 is 24.5 Å². The van der Waals surface area contributed by atoms with E-state index in [1.165, 1.54) is 30.5 Å². The van der Waals surface area contributed by atoms with Gasteiger partial charge < -0.3 is 21.9 Å². The van der Waals surface area contributed by atoms with Crippen LogP contribution in [0.3, 0.4) is 0 Å². The molecular formula is C19H15BrN6O7. The van der Waals surface area contributed by atoms with E-state index < -0.39 is 21.7 Å². The second-order valence-corrected chi connectivity index (χ2v) is 7.10. The smallest absolute Gasteiger partial charge is 0.335 e. The molecular weight excluding hydrogens is 504 g/mol. The molecule has 0 unspecified atom stereocenters. The summed E-state index contributed by atoms with van der Waals surface area (Å²) in [6, 6.07) is 10.5. The number of carbonyl (C=O) groups excluding carboxylic acids is 1. The number of amides is 1. The Kier molecular flexibility index (Phi) is 7.95.